The number of rotatable bonds is 8. The second kappa shape index (κ2) is 10.9. The summed E-state index contributed by atoms with van der Waals surface area (Å²) in [4.78, 5) is 23.4. The number of ether oxygens (including phenoxy) is 1. The summed E-state index contributed by atoms with van der Waals surface area (Å²) in [5.74, 6) is 0.429. The van der Waals surface area contributed by atoms with E-state index in [1.807, 2.05) is 18.2 Å². The molecule has 0 radical (unpaired) electrons. The van der Waals surface area contributed by atoms with E-state index in [9.17, 15) is 14.9 Å². The Labute approximate surface area is 209 Å². The first-order valence-corrected chi connectivity index (χ1v) is 11.0. The first-order chi connectivity index (χ1) is 16.9. The van der Waals surface area contributed by atoms with Gasteiger partial charge in [0.1, 0.15) is 23.9 Å². The average molecular weight is 510 g/mol. The van der Waals surface area contributed by atoms with Gasteiger partial charge in [-0.2, -0.15) is 5.10 Å². The predicted molar refractivity (Wildman–Crippen MR) is 133 cm³/mol. The summed E-state index contributed by atoms with van der Waals surface area (Å²) in [5.41, 5.74) is 3.58. The first-order valence-electron chi connectivity index (χ1n) is 10.2. The molecule has 0 spiro atoms. The molecule has 0 bridgehead atoms. The van der Waals surface area contributed by atoms with Gasteiger partial charge in [0.05, 0.1) is 22.3 Å². The number of furan rings is 1. The fourth-order valence-electron chi connectivity index (χ4n) is 3.20. The Bertz CT molecular complexity index is 1420. The molecule has 3 aromatic carbocycles. The van der Waals surface area contributed by atoms with Crippen LogP contribution in [-0.2, 0) is 6.61 Å². The predicted octanol–water partition coefficient (Wildman–Crippen LogP) is 6.50. The van der Waals surface area contributed by atoms with Crippen LogP contribution < -0.4 is 10.2 Å². The van der Waals surface area contributed by atoms with Crippen LogP contribution in [0.1, 0.15) is 21.7 Å². The fraction of sp³-hybridized carbons (Fsp3) is 0.0400. The van der Waals surface area contributed by atoms with Crippen LogP contribution in [0, 0.1) is 10.1 Å². The van der Waals surface area contributed by atoms with Gasteiger partial charge in [0.25, 0.3) is 11.6 Å². The molecule has 1 heterocycles. The zero-order chi connectivity index (χ0) is 24.8. The molecule has 35 heavy (non-hydrogen) atoms. The van der Waals surface area contributed by atoms with Crippen LogP contribution in [0.2, 0.25) is 10.0 Å². The Morgan fingerprint density at radius 3 is 2.63 bits per heavy atom. The largest absolute Gasteiger partial charge is 0.488 e. The molecule has 4 aromatic rings. The Hall–Kier alpha value is -4.14. The molecule has 8 nitrogen and oxygen atoms in total. The highest BCUT2D eigenvalue weighted by Gasteiger charge is 2.18. The van der Waals surface area contributed by atoms with Crippen molar-refractivity contribution in [1.82, 2.24) is 5.43 Å². The quantitative estimate of drug-likeness (QED) is 0.165. The van der Waals surface area contributed by atoms with Gasteiger partial charge in [-0.1, -0.05) is 53.5 Å². The van der Waals surface area contributed by atoms with Gasteiger partial charge in [0, 0.05) is 21.7 Å². The number of carbonyl (C=O) groups is 1. The molecule has 0 aliphatic carbocycles. The maximum atomic E-state index is 12.7. The highest BCUT2D eigenvalue weighted by atomic mass is 35.5. The van der Waals surface area contributed by atoms with Gasteiger partial charge in [-0.25, -0.2) is 5.43 Å². The molecule has 4 rings (SSSR count). The van der Waals surface area contributed by atoms with Gasteiger partial charge in [0.15, 0.2) is 0 Å². The van der Waals surface area contributed by atoms with Crippen LogP contribution in [0.15, 0.2) is 88.4 Å². The number of hydrazone groups is 1. The smallest absolute Gasteiger partial charge is 0.281 e. The van der Waals surface area contributed by atoms with E-state index >= 15 is 0 Å². The lowest BCUT2D eigenvalue weighted by molar-refractivity contribution is -0.384. The van der Waals surface area contributed by atoms with E-state index in [-0.39, 0.29) is 40.0 Å². The summed E-state index contributed by atoms with van der Waals surface area (Å²) >= 11 is 12.0. The first kappa shape index (κ1) is 24.0. The highest BCUT2D eigenvalue weighted by Crippen LogP contribution is 2.33. The standard InChI is InChI=1S/C25H17Cl2N3O5/c26-17-9-11-19(22(13-17)30(32)33)24-12-10-18(35-24)14-28-29-25(31)20-6-2-4-8-23(20)34-15-16-5-1-3-7-21(16)27/h1-14H,15H2,(H,29,31)/b28-14+. The van der Waals surface area contributed by atoms with E-state index in [4.69, 9.17) is 32.4 Å². The Morgan fingerprint density at radius 1 is 1.06 bits per heavy atom. The number of hydrogen-bond acceptors (Lipinski definition) is 6. The van der Waals surface area contributed by atoms with Crippen molar-refractivity contribution in [2.45, 2.75) is 6.61 Å². The minimum atomic E-state index is -0.539. The number of para-hydroxylation sites is 1. The summed E-state index contributed by atoms with van der Waals surface area (Å²) in [6, 6.07) is 21.4. The number of nitro benzene ring substituents is 1. The van der Waals surface area contributed by atoms with E-state index < -0.39 is 10.8 Å². The van der Waals surface area contributed by atoms with E-state index in [1.54, 1.807) is 42.5 Å². The number of benzene rings is 3. The highest BCUT2D eigenvalue weighted by molar-refractivity contribution is 6.31. The molecule has 0 saturated carbocycles. The lowest BCUT2D eigenvalue weighted by atomic mass is 10.1. The molecule has 176 valence electrons. The lowest BCUT2D eigenvalue weighted by Gasteiger charge is -2.11. The number of hydrogen-bond donors (Lipinski definition) is 1. The maximum absolute atomic E-state index is 12.7. The van der Waals surface area contributed by atoms with Crippen molar-refractivity contribution < 1.29 is 18.9 Å². The Balaban J connectivity index is 1.43. The summed E-state index contributed by atoms with van der Waals surface area (Å²) in [6.45, 7) is 0.194. The maximum Gasteiger partial charge on any atom is 0.281 e. The summed E-state index contributed by atoms with van der Waals surface area (Å²) < 4.78 is 11.4. The van der Waals surface area contributed by atoms with Crippen molar-refractivity contribution in [3.63, 3.8) is 0 Å². The molecule has 0 saturated heterocycles. The van der Waals surface area contributed by atoms with Crippen molar-refractivity contribution >= 4 is 41.0 Å². The Morgan fingerprint density at radius 2 is 1.83 bits per heavy atom. The molecule has 1 amide bonds. The molecule has 0 fully saturated rings. The van der Waals surface area contributed by atoms with E-state index in [0.29, 0.717) is 10.8 Å². The van der Waals surface area contributed by atoms with Gasteiger partial charge in [-0.05, 0) is 42.5 Å². The van der Waals surface area contributed by atoms with Crippen molar-refractivity contribution in [2.24, 2.45) is 5.10 Å². The van der Waals surface area contributed by atoms with Gasteiger partial charge in [-0.3, -0.25) is 14.9 Å². The minimum Gasteiger partial charge on any atom is -0.488 e. The minimum absolute atomic E-state index is 0.183. The fourth-order valence-corrected chi connectivity index (χ4v) is 3.55. The molecule has 10 heteroatoms. The summed E-state index contributed by atoms with van der Waals surface area (Å²) in [6.07, 6.45) is 1.29. The van der Waals surface area contributed by atoms with Crippen molar-refractivity contribution in [2.75, 3.05) is 0 Å². The monoisotopic (exact) mass is 509 g/mol. The Kier molecular flexibility index (Phi) is 7.45. The van der Waals surface area contributed by atoms with Crippen molar-refractivity contribution in [3.05, 3.63) is 116 Å². The normalized spacial score (nSPS) is 10.9. The molecule has 1 aromatic heterocycles. The van der Waals surface area contributed by atoms with E-state index in [0.717, 1.165) is 5.56 Å². The van der Waals surface area contributed by atoms with E-state index in [1.165, 1.54) is 24.4 Å². The molecular weight excluding hydrogens is 493 g/mol. The lowest BCUT2D eigenvalue weighted by Crippen LogP contribution is -2.18. The van der Waals surface area contributed by atoms with Gasteiger partial charge >= 0.3 is 0 Å². The van der Waals surface area contributed by atoms with Crippen molar-refractivity contribution in [1.29, 1.82) is 0 Å². The van der Waals surface area contributed by atoms with Gasteiger partial charge < -0.3 is 9.15 Å². The molecule has 1 N–H and O–H groups in total. The molecule has 0 aliphatic heterocycles. The van der Waals surface area contributed by atoms with Crippen LogP contribution in [0.4, 0.5) is 5.69 Å². The van der Waals surface area contributed by atoms with Crippen LogP contribution >= 0.6 is 23.2 Å². The summed E-state index contributed by atoms with van der Waals surface area (Å²) in [5, 5.41) is 16.1. The van der Waals surface area contributed by atoms with E-state index in [2.05, 4.69) is 10.5 Å². The second-order valence-electron chi connectivity index (χ2n) is 7.20. The topological polar surface area (TPSA) is 107 Å². The number of nitro groups is 1. The molecule has 0 unspecified atom stereocenters. The van der Waals surface area contributed by atoms with Crippen LogP contribution in [0.3, 0.4) is 0 Å². The zero-order valence-corrected chi connectivity index (χ0v) is 19.5. The summed E-state index contributed by atoms with van der Waals surface area (Å²) in [7, 11) is 0. The third kappa shape index (κ3) is 5.87. The third-order valence-corrected chi connectivity index (χ3v) is 5.48. The molecular formula is C25H17Cl2N3O5. The molecule has 0 atom stereocenters. The van der Waals surface area contributed by atoms with Crippen LogP contribution in [-0.4, -0.2) is 17.0 Å². The average Bonchev–Trinajstić information content (AvgIpc) is 3.32. The van der Waals surface area contributed by atoms with Gasteiger partial charge in [-0.15, -0.1) is 0 Å². The number of carbonyl (C=O) groups excluding carboxylic acids is 1. The SMILES string of the molecule is O=C(N/N=C/c1ccc(-c2ccc(Cl)cc2[N+](=O)[O-])o1)c1ccccc1OCc1ccccc1Cl. The number of nitrogens with zero attached hydrogens (tertiary/aromatic N) is 2. The van der Waals surface area contributed by atoms with Crippen molar-refractivity contribution in [3.8, 4) is 17.1 Å². The number of halogens is 2. The second-order valence-corrected chi connectivity index (χ2v) is 8.04. The van der Waals surface area contributed by atoms with Gasteiger partial charge in [0.2, 0.25) is 0 Å². The third-order valence-electron chi connectivity index (χ3n) is 4.88. The number of amides is 1. The van der Waals surface area contributed by atoms with Crippen LogP contribution in [0.25, 0.3) is 11.3 Å². The van der Waals surface area contributed by atoms with Crippen LogP contribution in [0.5, 0.6) is 5.75 Å². The molecule has 0 aliphatic rings. The number of nitrogens with one attached hydrogen (secondary N) is 1. The zero-order valence-electron chi connectivity index (χ0n) is 18.0.